The lowest BCUT2D eigenvalue weighted by molar-refractivity contribution is -0.923. The van der Waals surface area contributed by atoms with Gasteiger partial charge in [0.05, 0.1) is 25.7 Å². The summed E-state index contributed by atoms with van der Waals surface area (Å²) in [6, 6.07) is 10.7. The molecule has 2 aliphatic heterocycles. The van der Waals surface area contributed by atoms with Gasteiger partial charge in [0, 0.05) is 25.7 Å². The summed E-state index contributed by atoms with van der Waals surface area (Å²) < 4.78 is 5.72. The van der Waals surface area contributed by atoms with Crippen LogP contribution in [-0.2, 0) is 9.53 Å². The quantitative estimate of drug-likeness (QED) is 0.603. The molecule has 4 nitrogen and oxygen atoms in total. The van der Waals surface area contributed by atoms with Gasteiger partial charge in [0.15, 0.2) is 0 Å². The average molecular weight is 326 g/mol. The molecule has 0 aliphatic carbocycles. The summed E-state index contributed by atoms with van der Waals surface area (Å²) >= 11 is 0. The number of aliphatic hydroxyl groups is 1. The molecule has 2 aliphatic rings. The Bertz CT molecular complexity index is 482. The van der Waals surface area contributed by atoms with Gasteiger partial charge in [-0.2, -0.15) is 0 Å². The molecule has 0 saturated carbocycles. The van der Waals surface area contributed by atoms with E-state index in [1.54, 1.807) is 4.90 Å². The van der Waals surface area contributed by atoms with Gasteiger partial charge in [-0.1, -0.05) is 30.3 Å². The molecular weight excluding hydrogens is 302 g/mol. The molecule has 3 rings (SSSR count). The Hall–Kier alpha value is -1.10. The van der Waals surface area contributed by atoms with Gasteiger partial charge < -0.3 is 27.2 Å². The van der Waals surface area contributed by atoms with Crippen molar-refractivity contribution < 1.29 is 31.9 Å². The topological polar surface area (TPSA) is 51.0 Å². The Morgan fingerprint density at radius 2 is 1.86 bits per heavy atom. The number of hydrogen-bond donors (Lipinski definition) is 2. The van der Waals surface area contributed by atoms with Crippen molar-refractivity contribution in [2.75, 3.05) is 13.7 Å². The van der Waals surface area contributed by atoms with Crippen molar-refractivity contribution >= 4 is 5.97 Å². The molecule has 0 aromatic heterocycles. The first-order chi connectivity index (χ1) is 10.2. The first-order valence-electron chi connectivity index (χ1n) is 7.88. The Labute approximate surface area is 137 Å². The largest absolute Gasteiger partial charge is 1.00 e. The maximum atomic E-state index is 12.4. The Morgan fingerprint density at radius 1 is 1.27 bits per heavy atom. The molecule has 2 saturated heterocycles. The Morgan fingerprint density at radius 3 is 2.41 bits per heavy atom. The summed E-state index contributed by atoms with van der Waals surface area (Å²) in [5.41, 5.74) is 0.825. The number of piperidine rings is 1. The number of esters is 1. The zero-order valence-corrected chi connectivity index (χ0v) is 13.6. The van der Waals surface area contributed by atoms with E-state index in [0.717, 1.165) is 18.4 Å². The van der Waals surface area contributed by atoms with Gasteiger partial charge in [0.2, 0.25) is 0 Å². The van der Waals surface area contributed by atoms with Gasteiger partial charge in [-0.15, -0.1) is 0 Å². The van der Waals surface area contributed by atoms with Crippen molar-refractivity contribution in [3.63, 3.8) is 0 Å². The molecule has 2 fully saturated rings. The highest BCUT2D eigenvalue weighted by atomic mass is 35.5. The molecule has 3 atom stereocenters. The van der Waals surface area contributed by atoms with Crippen LogP contribution in [0.1, 0.15) is 37.2 Å². The van der Waals surface area contributed by atoms with E-state index in [4.69, 9.17) is 4.74 Å². The number of benzene rings is 1. The maximum Gasteiger partial charge on any atom is 0.316 e. The lowest BCUT2D eigenvalue weighted by atomic mass is 9.98. The normalized spacial score (nSPS) is 31.2. The van der Waals surface area contributed by atoms with Crippen LogP contribution in [0.2, 0.25) is 0 Å². The minimum Gasteiger partial charge on any atom is -1.00 e. The van der Waals surface area contributed by atoms with E-state index in [-0.39, 0.29) is 31.1 Å². The van der Waals surface area contributed by atoms with Crippen molar-refractivity contribution in [2.45, 2.75) is 49.8 Å². The van der Waals surface area contributed by atoms with E-state index in [9.17, 15) is 9.90 Å². The van der Waals surface area contributed by atoms with Gasteiger partial charge in [-0.05, 0) is 5.56 Å². The Balaban J connectivity index is 0.00000176. The van der Waals surface area contributed by atoms with E-state index < -0.39 is 5.92 Å². The molecule has 2 heterocycles. The fourth-order valence-corrected chi connectivity index (χ4v) is 3.87. The summed E-state index contributed by atoms with van der Waals surface area (Å²) in [6.07, 6.45) is 4.43. The molecular formula is C17H24ClNO3. The fourth-order valence-electron chi connectivity index (χ4n) is 3.87. The summed E-state index contributed by atoms with van der Waals surface area (Å²) in [7, 11) is 2.25. The maximum absolute atomic E-state index is 12.4. The van der Waals surface area contributed by atoms with Gasteiger partial charge in [-0.3, -0.25) is 4.79 Å². The Kier molecular flexibility index (Phi) is 5.84. The number of ether oxygens (including phenoxy) is 1. The number of rotatable bonds is 4. The molecule has 0 amide bonds. The van der Waals surface area contributed by atoms with Crippen LogP contribution in [0.5, 0.6) is 0 Å². The number of aliphatic hydroxyl groups excluding tert-OH is 1. The van der Waals surface area contributed by atoms with Gasteiger partial charge in [0.25, 0.3) is 0 Å². The number of carbonyl (C=O) groups is 1. The first kappa shape index (κ1) is 17.3. The van der Waals surface area contributed by atoms with Crippen LogP contribution < -0.4 is 17.3 Å². The number of fused-ring (bicyclic) bond motifs is 2. The second kappa shape index (κ2) is 7.44. The van der Waals surface area contributed by atoms with Crippen LogP contribution in [0.15, 0.2) is 30.3 Å². The standard InChI is InChI=1S/C17H23NO3.ClH/c1-18-13-7-8-14(18)10-15(9-13)21-17(20)16(11-19)12-5-3-2-4-6-12;/h2-6,13-16,19H,7-11H2,1H3;1H. The third-order valence-electron chi connectivity index (χ3n) is 5.20. The number of hydrogen-bond acceptors (Lipinski definition) is 3. The van der Waals surface area contributed by atoms with Crippen LogP contribution in [0, 0.1) is 0 Å². The van der Waals surface area contributed by atoms with Gasteiger partial charge in [0.1, 0.15) is 12.0 Å². The van der Waals surface area contributed by atoms with Crippen LogP contribution in [0.4, 0.5) is 0 Å². The highest BCUT2D eigenvalue weighted by Gasteiger charge is 2.44. The molecule has 1 aromatic rings. The number of halogens is 1. The average Bonchev–Trinajstić information content (AvgIpc) is 2.72. The second-order valence-electron chi connectivity index (χ2n) is 6.39. The summed E-state index contributed by atoms with van der Waals surface area (Å²) in [5.74, 6) is -0.844. The zero-order valence-electron chi connectivity index (χ0n) is 12.9. The zero-order chi connectivity index (χ0) is 14.8. The molecule has 22 heavy (non-hydrogen) atoms. The third-order valence-corrected chi connectivity index (χ3v) is 5.20. The van der Waals surface area contributed by atoms with Gasteiger partial charge in [-0.25, -0.2) is 0 Å². The van der Waals surface area contributed by atoms with Crippen molar-refractivity contribution in [3.8, 4) is 0 Å². The second-order valence-corrected chi connectivity index (χ2v) is 6.39. The summed E-state index contributed by atoms with van der Waals surface area (Å²) in [5, 5.41) is 9.53. The number of carbonyl (C=O) groups excluding carboxylic acids is 1. The molecule has 2 bridgehead atoms. The lowest BCUT2D eigenvalue weighted by Crippen LogP contribution is -3.15. The molecule has 122 valence electrons. The molecule has 0 radical (unpaired) electrons. The first-order valence-corrected chi connectivity index (χ1v) is 7.88. The van der Waals surface area contributed by atoms with Crippen molar-refractivity contribution in [2.24, 2.45) is 0 Å². The van der Waals surface area contributed by atoms with Crippen molar-refractivity contribution in [3.05, 3.63) is 35.9 Å². The van der Waals surface area contributed by atoms with E-state index >= 15 is 0 Å². The predicted molar refractivity (Wildman–Crippen MR) is 79.1 cm³/mol. The van der Waals surface area contributed by atoms with Crippen molar-refractivity contribution in [1.82, 2.24) is 0 Å². The summed E-state index contributed by atoms with van der Waals surface area (Å²) in [6.45, 7) is -0.201. The van der Waals surface area contributed by atoms with E-state index in [1.165, 1.54) is 12.8 Å². The molecule has 2 N–H and O–H groups in total. The molecule has 1 aromatic carbocycles. The van der Waals surface area contributed by atoms with Crippen molar-refractivity contribution in [1.29, 1.82) is 0 Å². The molecule has 3 unspecified atom stereocenters. The van der Waals surface area contributed by atoms with Crippen LogP contribution >= 0.6 is 0 Å². The number of nitrogens with one attached hydrogen (secondary N) is 1. The predicted octanol–water partition coefficient (Wildman–Crippen LogP) is -2.48. The van der Waals surface area contributed by atoms with Crippen LogP contribution in [0.3, 0.4) is 0 Å². The van der Waals surface area contributed by atoms with Crippen LogP contribution in [-0.4, -0.2) is 42.9 Å². The van der Waals surface area contributed by atoms with E-state index in [2.05, 4.69) is 7.05 Å². The van der Waals surface area contributed by atoms with E-state index in [0.29, 0.717) is 12.1 Å². The van der Waals surface area contributed by atoms with Gasteiger partial charge >= 0.3 is 5.97 Å². The lowest BCUT2D eigenvalue weighted by Gasteiger charge is -2.33. The monoisotopic (exact) mass is 325 g/mol. The fraction of sp³-hybridized carbons (Fsp3) is 0.588. The minimum absolute atomic E-state index is 0. The van der Waals surface area contributed by atoms with Crippen LogP contribution in [0.25, 0.3) is 0 Å². The highest BCUT2D eigenvalue weighted by molar-refractivity contribution is 5.78. The SMILES string of the molecule is C[NH+]1C2CCC1CC(OC(=O)C(CO)c1ccccc1)C2.[Cl-]. The smallest absolute Gasteiger partial charge is 0.316 e. The molecule has 5 heteroatoms. The number of quaternary nitrogens is 1. The highest BCUT2D eigenvalue weighted by Crippen LogP contribution is 2.26. The van der Waals surface area contributed by atoms with E-state index in [1.807, 2.05) is 30.3 Å². The minimum atomic E-state index is -0.559. The molecule has 0 spiro atoms. The summed E-state index contributed by atoms with van der Waals surface area (Å²) in [4.78, 5) is 14.0. The third kappa shape index (κ3) is 3.45.